The predicted octanol–water partition coefficient (Wildman–Crippen LogP) is 1.63. The van der Waals surface area contributed by atoms with E-state index in [1.54, 1.807) is 0 Å². The molecular formula is C17H24N4O2. The largest absolute Gasteiger partial charge is 0.492 e. The van der Waals surface area contributed by atoms with Crippen LogP contribution in [0, 0.1) is 5.41 Å². The van der Waals surface area contributed by atoms with Gasteiger partial charge < -0.3 is 20.8 Å². The average Bonchev–Trinajstić information content (AvgIpc) is 2.54. The van der Waals surface area contributed by atoms with Gasteiger partial charge in [0.25, 0.3) is 0 Å². The van der Waals surface area contributed by atoms with Crippen LogP contribution in [0.5, 0.6) is 5.75 Å². The molecule has 0 aromatic heterocycles. The number of ether oxygens (including phenoxy) is 1. The zero-order chi connectivity index (χ0) is 16.7. The van der Waals surface area contributed by atoms with Crippen molar-refractivity contribution in [1.82, 2.24) is 10.2 Å². The number of carbonyl (C=O) groups is 1. The Morgan fingerprint density at radius 1 is 1.48 bits per heavy atom. The van der Waals surface area contributed by atoms with E-state index in [0.717, 1.165) is 35.5 Å². The van der Waals surface area contributed by atoms with Crippen LogP contribution in [0.2, 0.25) is 0 Å². The van der Waals surface area contributed by atoms with Gasteiger partial charge in [-0.2, -0.15) is 0 Å². The highest BCUT2D eigenvalue weighted by atomic mass is 16.5. The lowest BCUT2D eigenvalue weighted by atomic mass is 10.0. The second kappa shape index (κ2) is 8.33. The molecule has 1 aromatic carbocycles. The summed E-state index contributed by atoms with van der Waals surface area (Å²) >= 11 is 0. The minimum absolute atomic E-state index is 0.0735. The van der Waals surface area contributed by atoms with Gasteiger partial charge in [0.15, 0.2) is 0 Å². The van der Waals surface area contributed by atoms with E-state index in [1.165, 1.54) is 6.21 Å². The molecule has 6 heteroatoms. The summed E-state index contributed by atoms with van der Waals surface area (Å²) in [6.07, 6.45) is 4.47. The molecule has 0 saturated carbocycles. The van der Waals surface area contributed by atoms with Crippen LogP contribution in [0.3, 0.4) is 0 Å². The van der Waals surface area contributed by atoms with Crippen molar-refractivity contribution in [2.24, 2.45) is 0 Å². The third-order valence-electron chi connectivity index (χ3n) is 3.68. The number of likely N-dealkylation sites (N-methyl/N-ethyl adjacent to an activating group) is 1. The summed E-state index contributed by atoms with van der Waals surface area (Å²) in [5.74, 6) is 0.899. The molecule has 0 aliphatic carbocycles. The van der Waals surface area contributed by atoms with Crippen molar-refractivity contribution < 1.29 is 9.53 Å². The number of benzene rings is 1. The van der Waals surface area contributed by atoms with Gasteiger partial charge in [0.05, 0.1) is 0 Å². The van der Waals surface area contributed by atoms with E-state index in [-0.39, 0.29) is 5.91 Å². The molecule has 2 rings (SSSR count). The molecule has 1 aliphatic rings. The number of aryl methyl sites for hydroxylation is 1. The van der Waals surface area contributed by atoms with Crippen LogP contribution in [0.1, 0.15) is 12.0 Å². The molecule has 0 radical (unpaired) electrons. The Morgan fingerprint density at radius 2 is 2.30 bits per heavy atom. The molecule has 3 N–H and O–H groups in total. The third-order valence-corrected chi connectivity index (χ3v) is 3.68. The van der Waals surface area contributed by atoms with E-state index in [0.29, 0.717) is 19.6 Å². The molecule has 0 saturated heterocycles. The fourth-order valence-electron chi connectivity index (χ4n) is 2.48. The van der Waals surface area contributed by atoms with E-state index in [2.05, 4.69) is 15.5 Å². The molecule has 1 heterocycles. The molecule has 23 heavy (non-hydrogen) atoms. The molecule has 1 aromatic rings. The molecule has 1 amide bonds. The van der Waals surface area contributed by atoms with Gasteiger partial charge in [-0.1, -0.05) is 0 Å². The molecule has 0 atom stereocenters. The molecule has 0 bridgehead atoms. The van der Waals surface area contributed by atoms with Gasteiger partial charge in [-0.15, -0.1) is 0 Å². The molecule has 124 valence electrons. The summed E-state index contributed by atoms with van der Waals surface area (Å²) in [6, 6.07) is 5.78. The zero-order valence-electron chi connectivity index (χ0n) is 13.7. The number of nitrogens with zero attached hydrogens (tertiary/aromatic N) is 1. The number of amides is 1. The van der Waals surface area contributed by atoms with E-state index in [1.807, 2.05) is 38.5 Å². The minimum Gasteiger partial charge on any atom is -0.492 e. The number of anilines is 1. The van der Waals surface area contributed by atoms with Crippen molar-refractivity contribution in [1.29, 1.82) is 5.41 Å². The van der Waals surface area contributed by atoms with E-state index in [4.69, 9.17) is 10.1 Å². The number of hydrogen-bond acceptors (Lipinski definition) is 5. The lowest BCUT2D eigenvalue weighted by molar-refractivity contribution is -0.116. The third kappa shape index (κ3) is 5.10. The van der Waals surface area contributed by atoms with Gasteiger partial charge in [0.2, 0.25) is 5.91 Å². The molecule has 6 nitrogen and oxygen atoms in total. The topological polar surface area (TPSA) is 77.5 Å². The van der Waals surface area contributed by atoms with Crippen LogP contribution in [-0.2, 0) is 11.2 Å². The van der Waals surface area contributed by atoms with Crippen molar-refractivity contribution in [3.8, 4) is 5.75 Å². The fourth-order valence-corrected chi connectivity index (χ4v) is 2.48. The molecule has 0 spiro atoms. The van der Waals surface area contributed by atoms with Gasteiger partial charge in [0.1, 0.15) is 12.4 Å². The smallest absolute Gasteiger partial charge is 0.224 e. The maximum Gasteiger partial charge on any atom is 0.224 e. The van der Waals surface area contributed by atoms with E-state index in [9.17, 15) is 4.79 Å². The van der Waals surface area contributed by atoms with Crippen molar-refractivity contribution in [3.63, 3.8) is 0 Å². The second-order valence-electron chi connectivity index (χ2n) is 5.61. The Hall–Kier alpha value is -2.34. The first-order valence-electron chi connectivity index (χ1n) is 7.73. The Labute approximate surface area is 137 Å². The van der Waals surface area contributed by atoms with Crippen LogP contribution in [0.4, 0.5) is 5.69 Å². The summed E-state index contributed by atoms with van der Waals surface area (Å²) in [5, 5.41) is 13.2. The lowest BCUT2D eigenvalue weighted by Gasteiger charge is -2.19. The number of nitrogens with one attached hydrogen (secondary N) is 3. The second-order valence-corrected chi connectivity index (χ2v) is 5.61. The SMILES string of the molecule is CN/C=C(\C=N)CN(C)CCOc1ccc2c(c1)CCC(=O)N2. The number of carbonyl (C=O) groups excluding carboxylic acids is 1. The van der Waals surface area contributed by atoms with Crippen molar-refractivity contribution in [3.05, 3.63) is 35.5 Å². The highest BCUT2D eigenvalue weighted by Crippen LogP contribution is 2.26. The van der Waals surface area contributed by atoms with Crippen molar-refractivity contribution >= 4 is 17.8 Å². The minimum atomic E-state index is 0.0735. The van der Waals surface area contributed by atoms with Crippen molar-refractivity contribution in [2.45, 2.75) is 12.8 Å². The number of fused-ring (bicyclic) bond motifs is 1. The summed E-state index contributed by atoms with van der Waals surface area (Å²) in [4.78, 5) is 13.4. The summed E-state index contributed by atoms with van der Waals surface area (Å²) in [5.41, 5.74) is 2.93. The van der Waals surface area contributed by atoms with Crippen molar-refractivity contribution in [2.75, 3.05) is 39.1 Å². The van der Waals surface area contributed by atoms with Crippen LogP contribution in [0.25, 0.3) is 0 Å². The van der Waals surface area contributed by atoms with Crippen LogP contribution < -0.4 is 15.4 Å². The molecular weight excluding hydrogens is 292 g/mol. The Balaban J connectivity index is 1.81. The monoisotopic (exact) mass is 316 g/mol. The number of rotatable bonds is 8. The first-order valence-corrected chi connectivity index (χ1v) is 7.73. The summed E-state index contributed by atoms with van der Waals surface area (Å²) in [7, 11) is 3.82. The summed E-state index contributed by atoms with van der Waals surface area (Å²) < 4.78 is 5.80. The van der Waals surface area contributed by atoms with E-state index >= 15 is 0 Å². The zero-order valence-corrected chi connectivity index (χ0v) is 13.7. The van der Waals surface area contributed by atoms with Gasteiger partial charge in [0, 0.05) is 44.7 Å². The number of hydrogen-bond donors (Lipinski definition) is 3. The summed E-state index contributed by atoms with van der Waals surface area (Å²) in [6.45, 7) is 2.04. The molecule has 1 aliphatic heterocycles. The fraction of sp³-hybridized carbons (Fsp3) is 0.412. The highest BCUT2D eigenvalue weighted by molar-refractivity contribution is 5.94. The maximum atomic E-state index is 11.3. The van der Waals surface area contributed by atoms with Gasteiger partial charge in [-0.05, 0) is 42.8 Å². The highest BCUT2D eigenvalue weighted by Gasteiger charge is 2.15. The first kappa shape index (κ1) is 17.0. The van der Waals surface area contributed by atoms with Gasteiger partial charge in [-0.25, -0.2) is 0 Å². The van der Waals surface area contributed by atoms with Crippen LogP contribution >= 0.6 is 0 Å². The Bertz CT molecular complexity index is 598. The molecule has 0 fully saturated rings. The van der Waals surface area contributed by atoms with Gasteiger partial charge >= 0.3 is 0 Å². The first-order chi connectivity index (χ1) is 11.1. The van der Waals surface area contributed by atoms with Crippen LogP contribution in [-0.4, -0.2) is 50.8 Å². The van der Waals surface area contributed by atoms with E-state index < -0.39 is 0 Å². The van der Waals surface area contributed by atoms with Crippen LogP contribution in [0.15, 0.2) is 30.0 Å². The lowest BCUT2D eigenvalue weighted by Crippen LogP contribution is -2.27. The molecule has 0 unspecified atom stereocenters. The standard InChI is InChI=1S/C17H24N4O2/c1-19-11-13(10-18)12-21(2)7-8-23-15-4-5-16-14(9-15)3-6-17(22)20-16/h4-5,9-11,18-19H,3,6-8,12H2,1-2H3,(H,20,22)/b13-11+,18-10?. The predicted molar refractivity (Wildman–Crippen MR) is 92.3 cm³/mol. The quantitative estimate of drug-likeness (QED) is 0.637. The Kier molecular flexibility index (Phi) is 6.17. The maximum absolute atomic E-state index is 11.3. The van der Waals surface area contributed by atoms with Gasteiger partial charge in [-0.3, -0.25) is 9.69 Å². The normalized spacial score (nSPS) is 14.2. The Morgan fingerprint density at radius 3 is 3.04 bits per heavy atom. The average molecular weight is 316 g/mol.